The fourth-order valence-corrected chi connectivity index (χ4v) is 0.844. The van der Waals surface area contributed by atoms with Crippen LogP contribution in [0.4, 0.5) is 0 Å². The molecular weight excluding hydrogens is 156 g/mol. The first-order valence-corrected chi connectivity index (χ1v) is 3.59. The second-order valence-electron chi connectivity index (χ2n) is 2.74. The molecule has 0 bridgehead atoms. The Balaban J connectivity index is 2.89. The van der Waals surface area contributed by atoms with Crippen molar-refractivity contribution < 1.29 is 9.90 Å². The number of hydrogen-bond acceptors (Lipinski definition) is 4. The maximum Gasteiger partial charge on any atom is 0.123 e. The van der Waals surface area contributed by atoms with Gasteiger partial charge in [0.05, 0.1) is 11.9 Å². The van der Waals surface area contributed by atoms with E-state index in [9.17, 15) is 9.90 Å². The monoisotopic (exact) mass is 166 g/mol. The molecule has 1 rings (SSSR count). The Kier molecular flexibility index (Phi) is 2.50. The van der Waals surface area contributed by atoms with Crippen molar-refractivity contribution in [3.8, 4) is 0 Å². The van der Waals surface area contributed by atoms with Gasteiger partial charge in [-0.2, -0.15) is 0 Å². The Bertz CT molecular complexity index is 259. The minimum absolute atomic E-state index is 0.0334. The molecule has 1 aromatic rings. The third kappa shape index (κ3) is 1.85. The molecule has 1 atom stereocenters. The second-order valence-corrected chi connectivity index (χ2v) is 2.74. The molecule has 1 aromatic heterocycles. The molecule has 4 nitrogen and oxygen atoms in total. The third-order valence-corrected chi connectivity index (χ3v) is 1.60. The van der Waals surface area contributed by atoms with E-state index in [1.165, 1.54) is 25.5 Å². The van der Waals surface area contributed by atoms with E-state index < -0.39 is 5.60 Å². The van der Waals surface area contributed by atoms with Crippen LogP contribution in [0.2, 0.25) is 0 Å². The topological polar surface area (TPSA) is 63.1 Å². The van der Waals surface area contributed by atoms with Crippen LogP contribution in [0.3, 0.4) is 0 Å². The van der Waals surface area contributed by atoms with Gasteiger partial charge in [-0.25, -0.2) is 0 Å². The summed E-state index contributed by atoms with van der Waals surface area (Å²) in [6, 6.07) is 0. The molecule has 1 heterocycles. The molecule has 0 spiro atoms. The Morgan fingerprint density at radius 3 is 2.92 bits per heavy atom. The van der Waals surface area contributed by atoms with Gasteiger partial charge in [-0.3, -0.25) is 9.97 Å². The highest BCUT2D eigenvalue weighted by Crippen LogP contribution is 2.19. The smallest absolute Gasteiger partial charge is 0.123 e. The molecule has 0 amide bonds. The highest BCUT2D eigenvalue weighted by molar-refractivity contribution is 5.51. The van der Waals surface area contributed by atoms with Gasteiger partial charge < -0.3 is 9.90 Å². The zero-order valence-electron chi connectivity index (χ0n) is 6.77. The lowest BCUT2D eigenvalue weighted by molar-refractivity contribution is -0.112. The van der Waals surface area contributed by atoms with Gasteiger partial charge in [0, 0.05) is 18.8 Å². The van der Waals surface area contributed by atoms with Crippen LogP contribution in [-0.2, 0) is 10.4 Å². The molecule has 0 saturated heterocycles. The lowest BCUT2D eigenvalue weighted by Gasteiger charge is -2.18. The maximum atomic E-state index is 10.2. The highest BCUT2D eigenvalue weighted by Gasteiger charge is 2.23. The van der Waals surface area contributed by atoms with Crippen molar-refractivity contribution in [2.24, 2.45) is 0 Å². The standard InChI is InChI=1S/C8H10N2O2/c1-8(12,2-5-11)7-6-9-3-4-10-7/h3-6,12H,2H2,1H3. The molecule has 12 heavy (non-hydrogen) atoms. The summed E-state index contributed by atoms with van der Waals surface area (Å²) >= 11 is 0. The largest absolute Gasteiger partial charge is 0.383 e. The van der Waals surface area contributed by atoms with Crippen LogP contribution in [0, 0.1) is 0 Å². The fourth-order valence-electron chi connectivity index (χ4n) is 0.844. The second kappa shape index (κ2) is 3.40. The highest BCUT2D eigenvalue weighted by atomic mass is 16.3. The number of aliphatic hydroxyl groups is 1. The SMILES string of the molecule is CC(O)(CC=O)c1cnccn1. The predicted octanol–water partition coefficient (Wildman–Crippen LogP) is 0.273. The first kappa shape index (κ1) is 8.80. The predicted molar refractivity (Wildman–Crippen MR) is 42.3 cm³/mol. The number of aldehydes is 1. The maximum absolute atomic E-state index is 10.2. The summed E-state index contributed by atoms with van der Waals surface area (Å²) in [5.74, 6) is 0. The van der Waals surface area contributed by atoms with Crippen LogP contribution >= 0.6 is 0 Å². The lowest BCUT2D eigenvalue weighted by Crippen LogP contribution is -2.23. The number of rotatable bonds is 3. The van der Waals surface area contributed by atoms with E-state index in [-0.39, 0.29) is 6.42 Å². The minimum atomic E-state index is -1.20. The van der Waals surface area contributed by atoms with E-state index >= 15 is 0 Å². The summed E-state index contributed by atoms with van der Waals surface area (Å²) in [7, 11) is 0. The van der Waals surface area contributed by atoms with Crippen molar-refractivity contribution in [2.75, 3.05) is 0 Å². The Morgan fingerprint density at radius 1 is 1.67 bits per heavy atom. The van der Waals surface area contributed by atoms with E-state index in [0.717, 1.165) is 0 Å². The average molecular weight is 166 g/mol. The Hall–Kier alpha value is -1.29. The number of carbonyl (C=O) groups is 1. The minimum Gasteiger partial charge on any atom is -0.383 e. The molecule has 0 fully saturated rings. The molecule has 0 saturated carbocycles. The summed E-state index contributed by atoms with van der Waals surface area (Å²) in [4.78, 5) is 17.9. The van der Waals surface area contributed by atoms with Gasteiger partial charge in [-0.05, 0) is 6.92 Å². The number of hydrogen-bond donors (Lipinski definition) is 1. The molecule has 0 aliphatic carbocycles. The van der Waals surface area contributed by atoms with E-state index in [2.05, 4.69) is 9.97 Å². The number of nitrogens with zero attached hydrogens (tertiary/aromatic N) is 2. The van der Waals surface area contributed by atoms with Gasteiger partial charge in [-0.1, -0.05) is 0 Å². The van der Waals surface area contributed by atoms with Crippen molar-refractivity contribution >= 4 is 6.29 Å². The molecule has 4 heteroatoms. The van der Waals surface area contributed by atoms with Crippen LogP contribution in [0.15, 0.2) is 18.6 Å². The summed E-state index contributed by atoms with van der Waals surface area (Å²) < 4.78 is 0. The van der Waals surface area contributed by atoms with Crippen molar-refractivity contribution in [3.05, 3.63) is 24.3 Å². The van der Waals surface area contributed by atoms with E-state index in [4.69, 9.17) is 0 Å². The zero-order chi connectivity index (χ0) is 9.03. The molecule has 0 radical (unpaired) electrons. The first-order valence-electron chi connectivity index (χ1n) is 3.59. The van der Waals surface area contributed by atoms with Gasteiger partial charge in [0.1, 0.15) is 11.9 Å². The summed E-state index contributed by atoms with van der Waals surface area (Å²) in [5, 5.41) is 9.65. The van der Waals surface area contributed by atoms with Crippen molar-refractivity contribution in [1.29, 1.82) is 0 Å². The van der Waals surface area contributed by atoms with Gasteiger partial charge in [0.25, 0.3) is 0 Å². The van der Waals surface area contributed by atoms with Crippen molar-refractivity contribution in [3.63, 3.8) is 0 Å². The Labute approximate surface area is 70.3 Å². The third-order valence-electron chi connectivity index (χ3n) is 1.60. The van der Waals surface area contributed by atoms with Crippen LogP contribution in [0.5, 0.6) is 0 Å². The molecule has 0 aromatic carbocycles. The zero-order valence-corrected chi connectivity index (χ0v) is 6.77. The van der Waals surface area contributed by atoms with Crippen molar-refractivity contribution in [2.45, 2.75) is 18.9 Å². The molecule has 1 unspecified atom stereocenters. The molecule has 0 aliphatic rings. The van der Waals surface area contributed by atoms with Crippen LogP contribution in [-0.4, -0.2) is 21.4 Å². The quantitative estimate of drug-likeness (QED) is 0.655. The molecule has 64 valence electrons. The van der Waals surface area contributed by atoms with Crippen LogP contribution < -0.4 is 0 Å². The van der Waals surface area contributed by atoms with E-state index in [0.29, 0.717) is 12.0 Å². The average Bonchev–Trinajstić information content (AvgIpc) is 2.06. The number of carbonyl (C=O) groups excluding carboxylic acids is 1. The summed E-state index contributed by atoms with van der Waals surface area (Å²) in [5.41, 5.74) is -0.784. The van der Waals surface area contributed by atoms with Gasteiger partial charge in [0.2, 0.25) is 0 Å². The summed E-state index contributed by atoms with van der Waals surface area (Å²) in [6.45, 7) is 1.53. The molecule has 1 N–H and O–H groups in total. The lowest BCUT2D eigenvalue weighted by atomic mass is 10.00. The normalized spacial score (nSPS) is 15.2. The summed E-state index contributed by atoms with van der Waals surface area (Å²) in [6.07, 6.45) is 5.14. The molecule has 0 aliphatic heterocycles. The van der Waals surface area contributed by atoms with Gasteiger partial charge in [-0.15, -0.1) is 0 Å². The number of aromatic nitrogens is 2. The van der Waals surface area contributed by atoms with Gasteiger partial charge in [0.15, 0.2) is 0 Å². The van der Waals surface area contributed by atoms with Crippen LogP contribution in [0.1, 0.15) is 19.0 Å². The van der Waals surface area contributed by atoms with Crippen LogP contribution in [0.25, 0.3) is 0 Å². The Morgan fingerprint density at radius 2 is 2.42 bits per heavy atom. The molecular formula is C8H10N2O2. The van der Waals surface area contributed by atoms with Crippen molar-refractivity contribution in [1.82, 2.24) is 9.97 Å². The van der Waals surface area contributed by atoms with Gasteiger partial charge >= 0.3 is 0 Å². The van der Waals surface area contributed by atoms with E-state index in [1.54, 1.807) is 0 Å². The fraction of sp³-hybridized carbons (Fsp3) is 0.375. The van der Waals surface area contributed by atoms with E-state index in [1.807, 2.05) is 0 Å². The first-order chi connectivity index (χ1) is 5.67.